The molecule has 114 valence electrons. The van der Waals surface area contributed by atoms with E-state index in [0.717, 1.165) is 15.6 Å². The van der Waals surface area contributed by atoms with E-state index in [0.29, 0.717) is 10.2 Å². The number of rotatable bonds is 4. The van der Waals surface area contributed by atoms with Gasteiger partial charge >= 0.3 is 0 Å². The third-order valence-corrected chi connectivity index (χ3v) is 6.68. The second kappa shape index (κ2) is 6.04. The number of halogens is 1. The van der Waals surface area contributed by atoms with E-state index in [1.807, 2.05) is 20.8 Å². The molecule has 1 heterocycles. The van der Waals surface area contributed by atoms with Gasteiger partial charge in [0.25, 0.3) is 0 Å². The number of anilines is 1. The molecular weight excluding hydrogens is 374 g/mol. The molecule has 2 aromatic rings. The summed E-state index contributed by atoms with van der Waals surface area (Å²) in [6.07, 6.45) is 0. The Kier molecular flexibility index (Phi) is 4.72. The highest BCUT2D eigenvalue weighted by Crippen LogP contribution is 2.28. The van der Waals surface area contributed by atoms with Crippen molar-refractivity contribution in [3.05, 3.63) is 38.3 Å². The minimum absolute atomic E-state index is 0.169. The number of sulfonamides is 1. The molecule has 0 aliphatic heterocycles. The number of hydrogen-bond donors (Lipinski definition) is 2. The quantitative estimate of drug-likeness (QED) is 0.786. The van der Waals surface area contributed by atoms with Gasteiger partial charge in [-0.3, -0.25) is 0 Å². The van der Waals surface area contributed by atoms with E-state index in [2.05, 4.69) is 25.6 Å². The standard InChI is InChI=1S/C13H16BrN3O2S2/c1-7-13(20-9(3)16-7)8(2)17-21(18,19)12-5-4-10(15)6-11(12)14/h4-6,8,17H,15H2,1-3H3. The van der Waals surface area contributed by atoms with Gasteiger partial charge in [0.2, 0.25) is 10.0 Å². The van der Waals surface area contributed by atoms with Crippen LogP contribution < -0.4 is 10.5 Å². The predicted molar refractivity (Wildman–Crippen MR) is 88.9 cm³/mol. The van der Waals surface area contributed by atoms with E-state index in [9.17, 15) is 8.42 Å². The topological polar surface area (TPSA) is 85.1 Å². The van der Waals surface area contributed by atoms with Crippen molar-refractivity contribution in [3.8, 4) is 0 Å². The van der Waals surface area contributed by atoms with Gasteiger partial charge in [-0.25, -0.2) is 18.1 Å². The fourth-order valence-corrected chi connectivity index (χ4v) is 5.35. The molecule has 0 aliphatic carbocycles. The molecule has 1 aromatic heterocycles. The van der Waals surface area contributed by atoms with Crippen molar-refractivity contribution in [1.29, 1.82) is 0 Å². The third kappa shape index (κ3) is 3.63. The first-order chi connectivity index (χ1) is 9.70. The molecule has 0 amide bonds. The average molecular weight is 390 g/mol. The highest BCUT2D eigenvalue weighted by Gasteiger charge is 2.23. The third-order valence-electron chi connectivity index (χ3n) is 2.91. The van der Waals surface area contributed by atoms with Gasteiger partial charge in [0.15, 0.2) is 0 Å². The Hall–Kier alpha value is -0.960. The van der Waals surface area contributed by atoms with Gasteiger partial charge in [-0.2, -0.15) is 0 Å². The van der Waals surface area contributed by atoms with Gasteiger partial charge in [-0.15, -0.1) is 11.3 Å². The molecule has 1 unspecified atom stereocenters. The maximum Gasteiger partial charge on any atom is 0.242 e. The zero-order chi connectivity index (χ0) is 15.8. The van der Waals surface area contributed by atoms with Gasteiger partial charge in [0, 0.05) is 15.0 Å². The zero-order valence-corrected chi connectivity index (χ0v) is 15.1. The lowest BCUT2D eigenvalue weighted by Gasteiger charge is -2.14. The van der Waals surface area contributed by atoms with Crippen LogP contribution in [0.2, 0.25) is 0 Å². The maximum absolute atomic E-state index is 12.5. The summed E-state index contributed by atoms with van der Waals surface area (Å²) in [6.45, 7) is 5.59. The first kappa shape index (κ1) is 16.4. The smallest absolute Gasteiger partial charge is 0.242 e. The van der Waals surface area contributed by atoms with E-state index in [1.165, 1.54) is 17.4 Å². The second-order valence-corrected chi connectivity index (χ2v) is 8.49. The van der Waals surface area contributed by atoms with Crippen molar-refractivity contribution in [1.82, 2.24) is 9.71 Å². The normalized spacial score (nSPS) is 13.3. The lowest BCUT2D eigenvalue weighted by molar-refractivity contribution is 0.567. The van der Waals surface area contributed by atoms with E-state index in [-0.39, 0.29) is 10.9 Å². The molecule has 1 aromatic carbocycles. The summed E-state index contributed by atoms with van der Waals surface area (Å²) in [5.41, 5.74) is 6.99. The Morgan fingerprint density at radius 3 is 2.57 bits per heavy atom. The number of aromatic nitrogens is 1. The van der Waals surface area contributed by atoms with Crippen LogP contribution in [0.3, 0.4) is 0 Å². The number of nitrogens with one attached hydrogen (secondary N) is 1. The molecule has 1 atom stereocenters. The fourth-order valence-electron chi connectivity index (χ4n) is 2.03. The SMILES string of the molecule is Cc1nc(C)c(C(C)NS(=O)(=O)c2ccc(N)cc2Br)s1. The van der Waals surface area contributed by atoms with Crippen LogP contribution >= 0.6 is 27.3 Å². The Bertz CT molecular complexity index is 772. The van der Waals surface area contributed by atoms with E-state index in [4.69, 9.17) is 5.73 Å². The van der Waals surface area contributed by atoms with Gasteiger partial charge in [0.1, 0.15) is 0 Å². The minimum Gasteiger partial charge on any atom is -0.399 e. The summed E-state index contributed by atoms with van der Waals surface area (Å²) in [4.78, 5) is 5.41. The lowest BCUT2D eigenvalue weighted by atomic mass is 10.2. The van der Waals surface area contributed by atoms with Crippen LogP contribution in [-0.4, -0.2) is 13.4 Å². The van der Waals surface area contributed by atoms with E-state index < -0.39 is 10.0 Å². The second-order valence-electron chi connectivity index (χ2n) is 4.72. The van der Waals surface area contributed by atoms with E-state index in [1.54, 1.807) is 12.1 Å². The summed E-state index contributed by atoms with van der Waals surface area (Å²) in [7, 11) is -3.64. The summed E-state index contributed by atoms with van der Waals surface area (Å²) < 4.78 is 28.1. The van der Waals surface area contributed by atoms with Gasteiger partial charge in [-0.05, 0) is 54.9 Å². The van der Waals surface area contributed by atoms with Gasteiger partial charge in [-0.1, -0.05) is 0 Å². The highest BCUT2D eigenvalue weighted by molar-refractivity contribution is 9.10. The van der Waals surface area contributed by atoms with E-state index >= 15 is 0 Å². The number of thiazole rings is 1. The van der Waals surface area contributed by atoms with Crippen molar-refractivity contribution in [2.75, 3.05) is 5.73 Å². The molecular formula is C13H16BrN3O2S2. The number of aryl methyl sites for hydroxylation is 2. The first-order valence-electron chi connectivity index (χ1n) is 6.22. The van der Waals surface area contributed by atoms with Gasteiger partial charge < -0.3 is 5.73 Å². The number of hydrogen-bond acceptors (Lipinski definition) is 5. The van der Waals surface area contributed by atoms with Crippen LogP contribution in [0.5, 0.6) is 0 Å². The summed E-state index contributed by atoms with van der Waals surface area (Å²) >= 11 is 4.73. The molecule has 0 spiro atoms. The van der Waals surface area contributed by atoms with Crippen LogP contribution in [0.25, 0.3) is 0 Å². The summed E-state index contributed by atoms with van der Waals surface area (Å²) in [6, 6.07) is 4.28. The van der Waals surface area contributed by atoms with Crippen LogP contribution in [0.15, 0.2) is 27.6 Å². The molecule has 0 saturated heterocycles. The monoisotopic (exact) mass is 389 g/mol. The number of nitrogen functional groups attached to an aromatic ring is 1. The maximum atomic E-state index is 12.5. The largest absolute Gasteiger partial charge is 0.399 e. The number of nitrogens with two attached hydrogens (primary N) is 1. The molecule has 3 N–H and O–H groups in total. The molecule has 0 radical (unpaired) electrons. The van der Waals surface area contributed by atoms with Crippen molar-refractivity contribution < 1.29 is 8.42 Å². The first-order valence-corrected chi connectivity index (χ1v) is 9.31. The molecule has 0 bridgehead atoms. The minimum atomic E-state index is -3.64. The van der Waals surface area contributed by atoms with Crippen molar-refractivity contribution in [2.24, 2.45) is 0 Å². The molecule has 0 saturated carbocycles. The van der Waals surface area contributed by atoms with Crippen LogP contribution in [0.1, 0.15) is 28.5 Å². The average Bonchev–Trinajstić information content (AvgIpc) is 2.67. The Morgan fingerprint density at radius 2 is 2.05 bits per heavy atom. The molecule has 0 fully saturated rings. The van der Waals surface area contributed by atoms with Crippen molar-refractivity contribution in [3.63, 3.8) is 0 Å². The molecule has 21 heavy (non-hydrogen) atoms. The number of benzene rings is 1. The van der Waals surface area contributed by atoms with Crippen LogP contribution in [-0.2, 0) is 10.0 Å². The molecule has 0 aliphatic rings. The zero-order valence-electron chi connectivity index (χ0n) is 11.8. The summed E-state index contributed by atoms with van der Waals surface area (Å²) in [5.74, 6) is 0. The molecule has 5 nitrogen and oxygen atoms in total. The molecule has 8 heteroatoms. The molecule has 2 rings (SSSR count). The Morgan fingerprint density at radius 1 is 1.38 bits per heavy atom. The van der Waals surface area contributed by atoms with Crippen LogP contribution in [0, 0.1) is 13.8 Å². The van der Waals surface area contributed by atoms with Crippen LogP contribution in [0.4, 0.5) is 5.69 Å². The Balaban J connectivity index is 2.31. The predicted octanol–water partition coefficient (Wildman–Crippen LogP) is 3.14. The van der Waals surface area contributed by atoms with Crippen molar-refractivity contribution >= 4 is 43.0 Å². The highest BCUT2D eigenvalue weighted by atomic mass is 79.9. The fraction of sp³-hybridized carbons (Fsp3) is 0.308. The number of nitrogens with zero attached hydrogens (tertiary/aromatic N) is 1. The summed E-state index contributed by atoms with van der Waals surface area (Å²) in [5, 5.41) is 0.919. The lowest BCUT2D eigenvalue weighted by Crippen LogP contribution is -2.27. The Labute approximate surface area is 136 Å². The van der Waals surface area contributed by atoms with Gasteiger partial charge in [0.05, 0.1) is 21.6 Å². The van der Waals surface area contributed by atoms with Crippen molar-refractivity contribution in [2.45, 2.75) is 31.7 Å².